The Labute approximate surface area is 100 Å². The zero-order chi connectivity index (χ0) is 12.8. The number of ether oxygens (including phenoxy) is 1. The molecule has 1 saturated heterocycles. The molecule has 0 amide bonds. The summed E-state index contributed by atoms with van der Waals surface area (Å²) in [4.78, 5) is 2.10. The highest BCUT2D eigenvalue weighted by Gasteiger charge is 2.25. The van der Waals surface area contributed by atoms with Crippen LogP contribution in [-0.4, -0.2) is 35.3 Å². The molecule has 0 bridgehead atoms. The van der Waals surface area contributed by atoms with Crippen molar-refractivity contribution in [2.24, 2.45) is 5.92 Å². The van der Waals surface area contributed by atoms with Crippen LogP contribution < -0.4 is 0 Å². The Balaban J connectivity index is 0.00000106. The molecule has 96 valence electrons. The van der Waals surface area contributed by atoms with Crippen LogP contribution in [0.2, 0.25) is 0 Å². The molecular formula is C13H27NO2. The van der Waals surface area contributed by atoms with Gasteiger partial charge in [-0.05, 0) is 33.8 Å². The Morgan fingerprint density at radius 1 is 1.44 bits per heavy atom. The minimum Gasteiger partial charge on any atom is -0.474 e. The minimum absolute atomic E-state index is 0.186. The molecule has 0 radical (unpaired) electrons. The van der Waals surface area contributed by atoms with E-state index >= 15 is 0 Å². The second-order valence-corrected chi connectivity index (χ2v) is 4.89. The summed E-state index contributed by atoms with van der Waals surface area (Å²) in [5, 5.41) is 9.00. The van der Waals surface area contributed by atoms with Gasteiger partial charge in [0.05, 0.1) is 0 Å². The molecule has 1 fully saturated rings. The van der Waals surface area contributed by atoms with Gasteiger partial charge in [0.1, 0.15) is 5.60 Å². The van der Waals surface area contributed by atoms with Crippen molar-refractivity contribution in [1.29, 1.82) is 0 Å². The third-order valence-corrected chi connectivity index (χ3v) is 2.32. The predicted octanol–water partition coefficient (Wildman–Crippen LogP) is 2.61. The van der Waals surface area contributed by atoms with Crippen molar-refractivity contribution in [1.82, 2.24) is 4.90 Å². The fourth-order valence-corrected chi connectivity index (χ4v) is 1.63. The molecule has 1 rings (SSSR count). The second-order valence-electron chi connectivity index (χ2n) is 4.89. The maximum atomic E-state index is 9.00. The van der Waals surface area contributed by atoms with Gasteiger partial charge >= 0.3 is 0 Å². The molecule has 1 heterocycles. The first-order valence-corrected chi connectivity index (χ1v) is 6.16. The van der Waals surface area contributed by atoms with Crippen LogP contribution in [0.15, 0.2) is 12.5 Å². The Bertz CT molecular complexity index is 208. The van der Waals surface area contributed by atoms with Crippen molar-refractivity contribution in [2.75, 3.05) is 19.7 Å². The summed E-state index contributed by atoms with van der Waals surface area (Å²) in [6.45, 7) is 16.0. The zero-order valence-corrected chi connectivity index (χ0v) is 11.4. The van der Waals surface area contributed by atoms with Crippen molar-refractivity contribution in [3.8, 4) is 0 Å². The van der Waals surface area contributed by atoms with E-state index in [2.05, 4.69) is 11.5 Å². The summed E-state index contributed by atoms with van der Waals surface area (Å²) < 4.78 is 5.66. The molecule has 0 saturated carbocycles. The van der Waals surface area contributed by atoms with E-state index in [1.165, 1.54) is 0 Å². The lowest BCUT2D eigenvalue weighted by Crippen LogP contribution is -2.28. The summed E-state index contributed by atoms with van der Waals surface area (Å²) in [7, 11) is 0. The van der Waals surface area contributed by atoms with Gasteiger partial charge < -0.3 is 14.7 Å². The van der Waals surface area contributed by atoms with Gasteiger partial charge in [-0.25, -0.2) is 0 Å². The maximum Gasteiger partial charge on any atom is 0.182 e. The molecule has 0 aromatic carbocycles. The monoisotopic (exact) mass is 229 g/mol. The van der Waals surface area contributed by atoms with Crippen LogP contribution in [-0.2, 0) is 4.74 Å². The average molecular weight is 229 g/mol. The van der Waals surface area contributed by atoms with Gasteiger partial charge in [0.2, 0.25) is 0 Å². The summed E-state index contributed by atoms with van der Waals surface area (Å²) >= 11 is 0. The average Bonchev–Trinajstić information content (AvgIpc) is 2.66. The summed E-state index contributed by atoms with van der Waals surface area (Å²) in [6.07, 6.45) is 1.03. The molecule has 3 nitrogen and oxygen atoms in total. The Morgan fingerprint density at radius 2 is 2.00 bits per heavy atom. The fraction of sp³-hybridized carbons (Fsp3) is 0.846. The van der Waals surface area contributed by atoms with E-state index in [0.717, 1.165) is 25.4 Å². The molecule has 1 N–H and O–H groups in total. The normalized spacial score (nSPS) is 20.1. The fourth-order valence-electron chi connectivity index (χ4n) is 1.63. The van der Waals surface area contributed by atoms with E-state index in [1.54, 1.807) is 0 Å². The topological polar surface area (TPSA) is 32.7 Å². The SMILES string of the molecule is C=C(OC(C)(C)C)N1CCC(CO)C1.CC. The molecule has 1 aliphatic rings. The van der Waals surface area contributed by atoms with Crippen LogP contribution in [0, 0.1) is 5.92 Å². The molecule has 0 aromatic heterocycles. The Morgan fingerprint density at radius 3 is 2.38 bits per heavy atom. The van der Waals surface area contributed by atoms with Crippen molar-refractivity contribution >= 4 is 0 Å². The summed E-state index contributed by atoms with van der Waals surface area (Å²) in [5.41, 5.74) is -0.186. The van der Waals surface area contributed by atoms with Crippen molar-refractivity contribution in [2.45, 2.75) is 46.6 Å². The first-order chi connectivity index (χ1) is 7.42. The van der Waals surface area contributed by atoms with Crippen LogP contribution in [0.25, 0.3) is 0 Å². The standard InChI is InChI=1S/C11H21NO2.C2H6/c1-9(14-11(2,3)4)12-6-5-10(7-12)8-13;1-2/h10,13H,1,5-8H2,2-4H3;1-2H3. The molecule has 16 heavy (non-hydrogen) atoms. The molecule has 1 atom stereocenters. The summed E-state index contributed by atoms with van der Waals surface area (Å²) in [6, 6.07) is 0. The highest BCUT2D eigenvalue weighted by molar-refractivity contribution is 4.91. The number of aliphatic hydroxyl groups is 1. The maximum absolute atomic E-state index is 9.00. The molecule has 0 aromatic rings. The van der Waals surface area contributed by atoms with Crippen LogP contribution in [0.5, 0.6) is 0 Å². The third-order valence-electron chi connectivity index (χ3n) is 2.32. The molecule has 0 spiro atoms. The van der Waals surface area contributed by atoms with E-state index in [-0.39, 0.29) is 12.2 Å². The van der Waals surface area contributed by atoms with Crippen LogP contribution >= 0.6 is 0 Å². The van der Waals surface area contributed by atoms with E-state index in [9.17, 15) is 0 Å². The molecule has 1 aliphatic heterocycles. The van der Waals surface area contributed by atoms with Crippen molar-refractivity contribution in [3.63, 3.8) is 0 Å². The third kappa shape index (κ3) is 5.40. The van der Waals surface area contributed by atoms with Gasteiger partial charge in [-0.1, -0.05) is 13.8 Å². The number of hydrogen-bond acceptors (Lipinski definition) is 3. The van der Waals surface area contributed by atoms with Gasteiger partial charge in [0, 0.05) is 25.6 Å². The van der Waals surface area contributed by atoms with Gasteiger partial charge in [-0.2, -0.15) is 0 Å². The van der Waals surface area contributed by atoms with Crippen molar-refractivity contribution in [3.05, 3.63) is 12.5 Å². The second kappa shape index (κ2) is 6.79. The Kier molecular flexibility index (Phi) is 6.49. The smallest absolute Gasteiger partial charge is 0.182 e. The quantitative estimate of drug-likeness (QED) is 0.755. The highest BCUT2D eigenvalue weighted by atomic mass is 16.5. The van der Waals surface area contributed by atoms with Crippen LogP contribution in [0.4, 0.5) is 0 Å². The van der Waals surface area contributed by atoms with Gasteiger partial charge in [0.15, 0.2) is 5.88 Å². The van der Waals surface area contributed by atoms with E-state index in [0.29, 0.717) is 5.92 Å². The lowest BCUT2D eigenvalue weighted by Gasteiger charge is -2.28. The first-order valence-electron chi connectivity index (χ1n) is 6.16. The number of likely N-dealkylation sites (tertiary alicyclic amines) is 1. The summed E-state index contributed by atoms with van der Waals surface area (Å²) in [5.74, 6) is 1.11. The van der Waals surface area contributed by atoms with E-state index < -0.39 is 0 Å². The molecular weight excluding hydrogens is 202 g/mol. The van der Waals surface area contributed by atoms with Crippen molar-refractivity contribution < 1.29 is 9.84 Å². The molecule has 3 heteroatoms. The van der Waals surface area contributed by atoms with E-state index in [1.807, 2.05) is 34.6 Å². The highest BCUT2D eigenvalue weighted by Crippen LogP contribution is 2.22. The van der Waals surface area contributed by atoms with Crippen LogP contribution in [0.1, 0.15) is 41.0 Å². The van der Waals surface area contributed by atoms with E-state index in [4.69, 9.17) is 9.84 Å². The Hall–Kier alpha value is -0.700. The number of rotatable bonds is 3. The van der Waals surface area contributed by atoms with Gasteiger partial charge in [0.25, 0.3) is 0 Å². The molecule has 0 aliphatic carbocycles. The minimum atomic E-state index is -0.186. The van der Waals surface area contributed by atoms with Gasteiger partial charge in [-0.3, -0.25) is 0 Å². The number of nitrogens with zero attached hydrogens (tertiary/aromatic N) is 1. The predicted molar refractivity (Wildman–Crippen MR) is 68.1 cm³/mol. The lowest BCUT2D eigenvalue weighted by molar-refractivity contribution is 0.00750. The largest absolute Gasteiger partial charge is 0.474 e. The number of hydrogen-bond donors (Lipinski definition) is 1. The number of aliphatic hydroxyl groups excluding tert-OH is 1. The lowest BCUT2D eigenvalue weighted by atomic mass is 10.1. The first kappa shape index (κ1) is 15.3. The molecule has 1 unspecified atom stereocenters. The van der Waals surface area contributed by atoms with Crippen LogP contribution in [0.3, 0.4) is 0 Å². The van der Waals surface area contributed by atoms with Gasteiger partial charge in [-0.15, -0.1) is 0 Å². The zero-order valence-electron chi connectivity index (χ0n) is 11.4.